The molecule has 1 aromatic heterocycles. The second-order valence-corrected chi connectivity index (χ2v) is 4.57. The van der Waals surface area contributed by atoms with E-state index in [0.29, 0.717) is 24.6 Å². The van der Waals surface area contributed by atoms with Crippen molar-refractivity contribution in [1.82, 2.24) is 14.9 Å². The molecule has 1 unspecified atom stereocenters. The summed E-state index contributed by atoms with van der Waals surface area (Å²) in [6.07, 6.45) is 5.84. The molecule has 0 amide bonds. The summed E-state index contributed by atoms with van der Waals surface area (Å²) in [6.45, 7) is 3.57. The van der Waals surface area contributed by atoms with E-state index in [1.165, 1.54) is 12.8 Å². The summed E-state index contributed by atoms with van der Waals surface area (Å²) in [7, 11) is 0. The molecule has 0 radical (unpaired) electrons. The third-order valence-electron chi connectivity index (χ3n) is 3.30. The van der Waals surface area contributed by atoms with E-state index >= 15 is 0 Å². The van der Waals surface area contributed by atoms with Gasteiger partial charge in [0, 0.05) is 24.3 Å². The molecule has 94 valence electrons. The molecule has 17 heavy (non-hydrogen) atoms. The maximum absolute atomic E-state index is 11.7. The lowest BCUT2D eigenvalue weighted by atomic mass is 10.1. The Morgan fingerprint density at radius 1 is 1.41 bits per heavy atom. The fourth-order valence-electron chi connectivity index (χ4n) is 2.26. The number of aromatic nitrogens is 2. The Labute approximate surface area is 99.9 Å². The van der Waals surface area contributed by atoms with Gasteiger partial charge in [-0.25, -0.2) is 4.79 Å². The lowest BCUT2D eigenvalue weighted by Crippen LogP contribution is -2.41. The van der Waals surface area contributed by atoms with Gasteiger partial charge in [-0.05, 0) is 25.8 Å². The molecule has 1 aliphatic rings. The van der Waals surface area contributed by atoms with Crippen LogP contribution in [0.5, 0.6) is 0 Å². The van der Waals surface area contributed by atoms with Gasteiger partial charge in [-0.15, -0.1) is 0 Å². The van der Waals surface area contributed by atoms with E-state index in [0.717, 1.165) is 13.0 Å². The molecular formula is C12H19N3O2. The van der Waals surface area contributed by atoms with Crippen LogP contribution in [0.3, 0.4) is 0 Å². The van der Waals surface area contributed by atoms with Gasteiger partial charge < -0.3 is 5.32 Å². The van der Waals surface area contributed by atoms with Crippen molar-refractivity contribution in [2.24, 2.45) is 0 Å². The van der Waals surface area contributed by atoms with E-state index in [1.54, 1.807) is 10.8 Å². The van der Waals surface area contributed by atoms with Crippen LogP contribution in [0.1, 0.15) is 31.7 Å². The summed E-state index contributed by atoms with van der Waals surface area (Å²) in [4.78, 5) is 25.5. The van der Waals surface area contributed by atoms with Gasteiger partial charge in [0.1, 0.15) is 0 Å². The second-order valence-electron chi connectivity index (χ2n) is 4.57. The van der Waals surface area contributed by atoms with Gasteiger partial charge in [0.25, 0.3) is 5.56 Å². The zero-order valence-electron chi connectivity index (χ0n) is 10.2. The van der Waals surface area contributed by atoms with Crippen molar-refractivity contribution < 1.29 is 0 Å². The van der Waals surface area contributed by atoms with Crippen molar-refractivity contribution in [3.05, 3.63) is 32.6 Å². The van der Waals surface area contributed by atoms with Crippen molar-refractivity contribution in [2.45, 2.75) is 45.2 Å². The summed E-state index contributed by atoms with van der Waals surface area (Å²) in [5.74, 6) is 0. The monoisotopic (exact) mass is 237 g/mol. The van der Waals surface area contributed by atoms with Gasteiger partial charge in [-0.2, -0.15) is 0 Å². The predicted octanol–water partition coefficient (Wildman–Crippen LogP) is 0.241. The molecule has 0 saturated carbocycles. The standard InChI is InChI=1S/C12H19N3O2/c1-2-9-7-15(12(17)14-11(9)16)8-10-5-3-4-6-13-10/h7,10,13H,2-6,8H2,1H3,(H,14,16,17). The summed E-state index contributed by atoms with van der Waals surface area (Å²) >= 11 is 0. The van der Waals surface area contributed by atoms with Crippen molar-refractivity contribution in [3.63, 3.8) is 0 Å². The minimum atomic E-state index is -0.306. The van der Waals surface area contributed by atoms with Gasteiger partial charge in [0.2, 0.25) is 0 Å². The number of aryl methyl sites for hydroxylation is 1. The number of nitrogens with one attached hydrogen (secondary N) is 2. The zero-order chi connectivity index (χ0) is 12.3. The lowest BCUT2D eigenvalue weighted by Gasteiger charge is -2.24. The van der Waals surface area contributed by atoms with Crippen LogP contribution in [-0.4, -0.2) is 22.1 Å². The number of hydrogen-bond donors (Lipinski definition) is 2. The van der Waals surface area contributed by atoms with Gasteiger partial charge in [0.05, 0.1) is 0 Å². The highest BCUT2D eigenvalue weighted by Crippen LogP contribution is 2.08. The Bertz CT molecular complexity index is 483. The fourth-order valence-corrected chi connectivity index (χ4v) is 2.26. The molecule has 0 aliphatic carbocycles. The van der Waals surface area contributed by atoms with E-state index in [9.17, 15) is 9.59 Å². The van der Waals surface area contributed by atoms with Crippen molar-refractivity contribution >= 4 is 0 Å². The van der Waals surface area contributed by atoms with Crippen LogP contribution in [0, 0.1) is 0 Å². The minimum absolute atomic E-state index is 0.259. The van der Waals surface area contributed by atoms with Gasteiger partial charge in [0.15, 0.2) is 0 Å². The van der Waals surface area contributed by atoms with Crippen LogP contribution in [0.25, 0.3) is 0 Å². The number of aromatic amines is 1. The topological polar surface area (TPSA) is 66.9 Å². The highest BCUT2D eigenvalue weighted by atomic mass is 16.2. The fraction of sp³-hybridized carbons (Fsp3) is 0.667. The summed E-state index contributed by atoms with van der Waals surface area (Å²) in [5, 5.41) is 3.40. The van der Waals surface area contributed by atoms with Crippen LogP contribution < -0.4 is 16.6 Å². The predicted molar refractivity (Wildman–Crippen MR) is 66.3 cm³/mol. The third-order valence-corrected chi connectivity index (χ3v) is 3.30. The molecule has 5 heteroatoms. The van der Waals surface area contributed by atoms with Crippen LogP contribution in [0.2, 0.25) is 0 Å². The minimum Gasteiger partial charge on any atom is -0.312 e. The zero-order valence-corrected chi connectivity index (χ0v) is 10.2. The molecule has 5 nitrogen and oxygen atoms in total. The first-order valence-corrected chi connectivity index (χ1v) is 6.26. The van der Waals surface area contributed by atoms with Gasteiger partial charge in [-0.3, -0.25) is 14.3 Å². The Hall–Kier alpha value is -1.36. The smallest absolute Gasteiger partial charge is 0.312 e. The lowest BCUT2D eigenvalue weighted by molar-refractivity contribution is 0.357. The molecule has 1 fully saturated rings. The first kappa shape index (κ1) is 12.1. The second kappa shape index (κ2) is 5.31. The molecular weight excluding hydrogens is 218 g/mol. The molecule has 2 heterocycles. The highest BCUT2D eigenvalue weighted by Gasteiger charge is 2.14. The first-order valence-electron chi connectivity index (χ1n) is 6.26. The van der Waals surface area contributed by atoms with E-state index < -0.39 is 0 Å². The van der Waals surface area contributed by atoms with Crippen molar-refractivity contribution in [1.29, 1.82) is 0 Å². The van der Waals surface area contributed by atoms with Crippen LogP contribution in [-0.2, 0) is 13.0 Å². The number of piperidine rings is 1. The molecule has 1 aromatic rings. The highest BCUT2D eigenvalue weighted by molar-refractivity contribution is 5.04. The maximum Gasteiger partial charge on any atom is 0.328 e. The van der Waals surface area contributed by atoms with E-state index in [4.69, 9.17) is 0 Å². The van der Waals surface area contributed by atoms with Crippen LogP contribution >= 0.6 is 0 Å². The van der Waals surface area contributed by atoms with Gasteiger partial charge >= 0.3 is 5.69 Å². The Kier molecular flexibility index (Phi) is 3.78. The van der Waals surface area contributed by atoms with Crippen molar-refractivity contribution in [2.75, 3.05) is 6.54 Å². The molecule has 1 aliphatic heterocycles. The molecule has 1 atom stereocenters. The average Bonchev–Trinajstić information content (AvgIpc) is 2.34. The normalized spacial score (nSPS) is 20.4. The first-order chi connectivity index (χ1) is 8.20. The summed E-state index contributed by atoms with van der Waals surface area (Å²) in [5.41, 5.74) is 0.102. The molecule has 0 bridgehead atoms. The maximum atomic E-state index is 11.7. The van der Waals surface area contributed by atoms with E-state index in [-0.39, 0.29) is 11.2 Å². The SMILES string of the molecule is CCc1cn(CC2CCCCN2)c(=O)[nH]c1=O. The Balaban J connectivity index is 2.19. The quantitative estimate of drug-likeness (QED) is 0.791. The Morgan fingerprint density at radius 3 is 2.88 bits per heavy atom. The number of hydrogen-bond acceptors (Lipinski definition) is 3. The average molecular weight is 237 g/mol. The third kappa shape index (κ3) is 2.85. The van der Waals surface area contributed by atoms with Crippen molar-refractivity contribution in [3.8, 4) is 0 Å². The molecule has 0 aromatic carbocycles. The number of rotatable bonds is 3. The molecule has 2 N–H and O–H groups in total. The van der Waals surface area contributed by atoms with E-state index in [1.807, 2.05) is 6.92 Å². The largest absolute Gasteiger partial charge is 0.328 e. The molecule has 2 rings (SSSR count). The number of H-pyrrole nitrogens is 1. The van der Waals surface area contributed by atoms with Crippen LogP contribution in [0.4, 0.5) is 0 Å². The molecule has 1 saturated heterocycles. The molecule has 0 spiro atoms. The summed E-state index contributed by atoms with van der Waals surface area (Å²) in [6, 6.07) is 0.344. The summed E-state index contributed by atoms with van der Waals surface area (Å²) < 4.78 is 1.61. The number of nitrogens with zero attached hydrogens (tertiary/aromatic N) is 1. The van der Waals surface area contributed by atoms with E-state index in [2.05, 4.69) is 10.3 Å². The van der Waals surface area contributed by atoms with Gasteiger partial charge in [-0.1, -0.05) is 13.3 Å². The Morgan fingerprint density at radius 2 is 2.24 bits per heavy atom. The van der Waals surface area contributed by atoms with Crippen LogP contribution in [0.15, 0.2) is 15.8 Å².